The molecule has 0 radical (unpaired) electrons. The Morgan fingerprint density at radius 1 is 1.57 bits per heavy atom. The molecule has 3 N–H and O–H groups in total. The quantitative estimate of drug-likeness (QED) is 0.644. The number of hydrogen-bond acceptors (Lipinski definition) is 4. The van der Waals surface area contributed by atoms with Crippen molar-refractivity contribution in [3.8, 4) is 0 Å². The van der Waals surface area contributed by atoms with E-state index in [2.05, 4.69) is 5.32 Å². The number of amides is 1. The van der Waals surface area contributed by atoms with Crippen LogP contribution >= 0.6 is 11.8 Å². The second kappa shape index (κ2) is 8.08. The standard InChI is InChI=1S/C9H20N2O2S/c1-7(5-13-3)11-9(12)6-14-8(2)4-10/h7-8H,4-6,10H2,1-3H3,(H,11,12). The van der Waals surface area contributed by atoms with Crippen LogP contribution in [-0.4, -0.2) is 43.2 Å². The molecule has 14 heavy (non-hydrogen) atoms. The van der Waals surface area contributed by atoms with Gasteiger partial charge in [-0.3, -0.25) is 4.79 Å². The summed E-state index contributed by atoms with van der Waals surface area (Å²) in [4.78, 5) is 11.3. The summed E-state index contributed by atoms with van der Waals surface area (Å²) in [7, 11) is 1.62. The van der Waals surface area contributed by atoms with Crippen LogP contribution in [0, 0.1) is 0 Å². The molecule has 2 atom stereocenters. The summed E-state index contributed by atoms with van der Waals surface area (Å²) in [5.41, 5.74) is 5.43. The van der Waals surface area contributed by atoms with Crippen LogP contribution in [0.25, 0.3) is 0 Å². The molecule has 0 bridgehead atoms. The summed E-state index contributed by atoms with van der Waals surface area (Å²) < 4.78 is 4.91. The number of carbonyl (C=O) groups is 1. The lowest BCUT2D eigenvalue weighted by atomic mass is 10.3. The van der Waals surface area contributed by atoms with E-state index in [-0.39, 0.29) is 11.9 Å². The van der Waals surface area contributed by atoms with Crippen LogP contribution in [0.2, 0.25) is 0 Å². The first-order valence-corrected chi connectivity index (χ1v) is 5.75. The molecule has 0 aliphatic carbocycles. The molecule has 0 fully saturated rings. The summed E-state index contributed by atoms with van der Waals surface area (Å²) in [6.45, 7) is 5.07. The van der Waals surface area contributed by atoms with Crippen molar-refractivity contribution >= 4 is 17.7 Å². The molecule has 84 valence electrons. The highest BCUT2D eigenvalue weighted by atomic mass is 32.2. The fourth-order valence-electron chi connectivity index (χ4n) is 0.894. The van der Waals surface area contributed by atoms with Crippen LogP contribution in [0.3, 0.4) is 0 Å². The predicted octanol–water partition coefficient (Wildman–Crippen LogP) is 0.218. The highest BCUT2D eigenvalue weighted by Gasteiger charge is 2.08. The van der Waals surface area contributed by atoms with Crippen molar-refractivity contribution in [1.29, 1.82) is 0 Å². The molecule has 5 heteroatoms. The number of rotatable bonds is 7. The summed E-state index contributed by atoms with van der Waals surface area (Å²) in [5.74, 6) is 0.506. The van der Waals surface area contributed by atoms with Gasteiger partial charge >= 0.3 is 0 Å². The fourth-order valence-corrected chi connectivity index (χ4v) is 1.55. The monoisotopic (exact) mass is 220 g/mol. The largest absolute Gasteiger partial charge is 0.383 e. The lowest BCUT2D eigenvalue weighted by Gasteiger charge is -2.13. The van der Waals surface area contributed by atoms with Crippen molar-refractivity contribution in [3.63, 3.8) is 0 Å². The maximum Gasteiger partial charge on any atom is 0.230 e. The third kappa shape index (κ3) is 7.17. The highest BCUT2D eigenvalue weighted by Crippen LogP contribution is 2.07. The molecular weight excluding hydrogens is 200 g/mol. The zero-order valence-electron chi connectivity index (χ0n) is 9.08. The summed E-state index contributed by atoms with van der Waals surface area (Å²) in [6.07, 6.45) is 0. The van der Waals surface area contributed by atoms with Gasteiger partial charge in [-0.2, -0.15) is 0 Å². The highest BCUT2D eigenvalue weighted by molar-refractivity contribution is 8.00. The van der Waals surface area contributed by atoms with Crippen molar-refractivity contribution < 1.29 is 9.53 Å². The van der Waals surface area contributed by atoms with E-state index in [0.29, 0.717) is 24.2 Å². The van der Waals surface area contributed by atoms with Gasteiger partial charge in [0.25, 0.3) is 0 Å². The van der Waals surface area contributed by atoms with Crippen LogP contribution in [0.4, 0.5) is 0 Å². The van der Waals surface area contributed by atoms with Gasteiger partial charge in [0, 0.05) is 24.9 Å². The van der Waals surface area contributed by atoms with Crippen molar-refractivity contribution in [2.75, 3.05) is 26.0 Å². The topological polar surface area (TPSA) is 64.3 Å². The van der Waals surface area contributed by atoms with Crippen molar-refractivity contribution in [3.05, 3.63) is 0 Å². The predicted molar refractivity (Wildman–Crippen MR) is 60.5 cm³/mol. The molecular formula is C9H20N2O2S. The fraction of sp³-hybridized carbons (Fsp3) is 0.889. The number of thioether (sulfide) groups is 1. The molecule has 0 heterocycles. The number of nitrogens with two attached hydrogens (primary N) is 1. The maximum absolute atomic E-state index is 11.3. The smallest absolute Gasteiger partial charge is 0.230 e. The molecule has 0 saturated heterocycles. The number of ether oxygens (including phenoxy) is 1. The van der Waals surface area contributed by atoms with E-state index in [4.69, 9.17) is 10.5 Å². The second-order valence-electron chi connectivity index (χ2n) is 3.28. The molecule has 0 aromatic rings. The lowest BCUT2D eigenvalue weighted by molar-refractivity contribution is -0.119. The number of hydrogen-bond donors (Lipinski definition) is 2. The Bertz CT molecular complexity index is 167. The first kappa shape index (κ1) is 13.7. The summed E-state index contributed by atoms with van der Waals surface area (Å²) in [5, 5.41) is 3.17. The van der Waals surface area contributed by atoms with E-state index < -0.39 is 0 Å². The van der Waals surface area contributed by atoms with Gasteiger partial charge in [0.05, 0.1) is 12.4 Å². The van der Waals surface area contributed by atoms with Gasteiger partial charge in [-0.15, -0.1) is 11.8 Å². The van der Waals surface area contributed by atoms with E-state index in [1.165, 1.54) is 0 Å². The first-order valence-electron chi connectivity index (χ1n) is 4.70. The van der Waals surface area contributed by atoms with Crippen molar-refractivity contribution in [2.45, 2.75) is 25.1 Å². The van der Waals surface area contributed by atoms with E-state index in [9.17, 15) is 4.79 Å². The third-order valence-corrected chi connectivity index (χ3v) is 2.85. The molecule has 1 amide bonds. The Morgan fingerprint density at radius 3 is 2.71 bits per heavy atom. The van der Waals surface area contributed by atoms with Gasteiger partial charge in [-0.25, -0.2) is 0 Å². The Labute approximate surface area is 89.9 Å². The van der Waals surface area contributed by atoms with E-state index in [1.54, 1.807) is 18.9 Å². The van der Waals surface area contributed by atoms with Gasteiger partial charge in [0.1, 0.15) is 0 Å². The summed E-state index contributed by atoms with van der Waals surface area (Å²) in [6, 6.07) is 0.0706. The first-order chi connectivity index (χ1) is 6.60. The van der Waals surface area contributed by atoms with Crippen molar-refractivity contribution in [2.24, 2.45) is 5.73 Å². The third-order valence-electron chi connectivity index (χ3n) is 1.65. The van der Waals surface area contributed by atoms with Crippen LogP contribution in [-0.2, 0) is 9.53 Å². The molecule has 0 aromatic heterocycles. The minimum Gasteiger partial charge on any atom is -0.383 e. The molecule has 0 rings (SSSR count). The molecule has 0 saturated carbocycles. The summed E-state index contributed by atoms with van der Waals surface area (Å²) >= 11 is 1.57. The van der Waals surface area contributed by atoms with Crippen LogP contribution in [0.15, 0.2) is 0 Å². The lowest BCUT2D eigenvalue weighted by Crippen LogP contribution is -2.37. The average molecular weight is 220 g/mol. The van der Waals surface area contributed by atoms with Gasteiger partial charge in [-0.1, -0.05) is 6.92 Å². The van der Waals surface area contributed by atoms with E-state index in [0.717, 1.165) is 0 Å². The Balaban J connectivity index is 3.54. The Hall–Kier alpha value is -0.260. The SMILES string of the molecule is COCC(C)NC(=O)CSC(C)CN. The van der Waals surface area contributed by atoms with Gasteiger partial charge in [0.2, 0.25) is 5.91 Å². The minimum absolute atomic E-state index is 0.0415. The van der Waals surface area contributed by atoms with Gasteiger partial charge in [-0.05, 0) is 6.92 Å². The van der Waals surface area contributed by atoms with Crippen LogP contribution in [0.5, 0.6) is 0 Å². The van der Waals surface area contributed by atoms with Crippen LogP contribution in [0.1, 0.15) is 13.8 Å². The normalized spacial score (nSPS) is 14.9. The zero-order valence-corrected chi connectivity index (χ0v) is 9.89. The number of carbonyl (C=O) groups excluding carboxylic acids is 1. The Morgan fingerprint density at radius 2 is 2.21 bits per heavy atom. The zero-order chi connectivity index (χ0) is 11.0. The molecule has 0 spiro atoms. The minimum atomic E-state index is 0.0415. The molecule has 0 aliphatic heterocycles. The molecule has 4 nitrogen and oxygen atoms in total. The number of methoxy groups -OCH3 is 1. The maximum atomic E-state index is 11.3. The van der Waals surface area contributed by atoms with E-state index in [1.807, 2.05) is 13.8 Å². The van der Waals surface area contributed by atoms with Crippen molar-refractivity contribution in [1.82, 2.24) is 5.32 Å². The Kier molecular flexibility index (Phi) is 7.93. The van der Waals surface area contributed by atoms with E-state index >= 15 is 0 Å². The molecule has 0 aliphatic rings. The average Bonchev–Trinajstić information content (AvgIpc) is 2.14. The van der Waals surface area contributed by atoms with Gasteiger partial charge in [0.15, 0.2) is 0 Å². The molecule has 0 aromatic carbocycles. The number of nitrogens with one attached hydrogen (secondary N) is 1. The van der Waals surface area contributed by atoms with Crippen LogP contribution < -0.4 is 11.1 Å². The molecule has 2 unspecified atom stereocenters. The van der Waals surface area contributed by atoms with Gasteiger partial charge < -0.3 is 15.8 Å². The second-order valence-corrected chi connectivity index (χ2v) is 4.71.